The topological polar surface area (TPSA) is 91.3 Å². The Labute approximate surface area is 117 Å². The molecule has 0 atom stereocenters. The quantitative estimate of drug-likeness (QED) is 0.801. The molecule has 1 saturated carbocycles. The molecule has 3 N–H and O–H groups in total. The lowest BCUT2D eigenvalue weighted by atomic mass is 9.89. The molecule has 1 aromatic heterocycles. The Morgan fingerprint density at radius 1 is 1.40 bits per heavy atom. The van der Waals surface area contributed by atoms with E-state index >= 15 is 0 Å². The summed E-state index contributed by atoms with van der Waals surface area (Å²) in [7, 11) is 3.15. The van der Waals surface area contributed by atoms with Gasteiger partial charge in [-0.1, -0.05) is 6.92 Å². The molecule has 20 heavy (non-hydrogen) atoms. The SMILES string of the molecule is CCCn1c(N)c(NC2CC(OC)C2)c(=O)n(C)c1=O. The minimum Gasteiger partial charge on any atom is -0.383 e. The number of anilines is 2. The highest BCUT2D eigenvalue weighted by Crippen LogP contribution is 2.26. The standard InChI is InChI=1S/C13H22N4O3/c1-4-5-17-11(14)10(12(18)16(2)13(17)19)15-8-6-9(7-8)20-3/h8-9,15H,4-7,14H2,1-3H3. The van der Waals surface area contributed by atoms with E-state index in [1.807, 2.05) is 6.92 Å². The van der Waals surface area contributed by atoms with Crippen molar-refractivity contribution >= 4 is 11.5 Å². The fourth-order valence-corrected chi connectivity index (χ4v) is 2.44. The number of aromatic nitrogens is 2. The Bertz CT molecular complexity index is 599. The van der Waals surface area contributed by atoms with Crippen molar-refractivity contribution in [1.82, 2.24) is 9.13 Å². The second kappa shape index (κ2) is 5.70. The van der Waals surface area contributed by atoms with Crippen LogP contribution in [0.1, 0.15) is 26.2 Å². The van der Waals surface area contributed by atoms with Gasteiger partial charge in [0.2, 0.25) is 0 Å². The molecule has 0 aliphatic heterocycles. The molecular weight excluding hydrogens is 260 g/mol. The van der Waals surface area contributed by atoms with Crippen molar-refractivity contribution in [3.63, 3.8) is 0 Å². The maximum absolute atomic E-state index is 12.2. The highest BCUT2D eigenvalue weighted by Gasteiger charge is 2.30. The number of ether oxygens (including phenoxy) is 1. The van der Waals surface area contributed by atoms with Crippen LogP contribution in [-0.4, -0.2) is 28.4 Å². The van der Waals surface area contributed by atoms with Gasteiger partial charge in [-0.3, -0.25) is 13.9 Å². The van der Waals surface area contributed by atoms with Crippen LogP contribution >= 0.6 is 0 Å². The lowest BCUT2D eigenvalue weighted by Crippen LogP contribution is -2.45. The van der Waals surface area contributed by atoms with E-state index in [-0.39, 0.29) is 29.2 Å². The van der Waals surface area contributed by atoms with E-state index in [0.29, 0.717) is 12.2 Å². The number of rotatable bonds is 5. The largest absolute Gasteiger partial charge is 0.383 e. The average molecular weight is 282 g/mol. The third kappa shape index (κ3) is 2.45. The molecule has 0 unspecified atom stereocenters. The molecule has 1 heterocycles. The van der Waals surface area contributed by atoms with Gasteiger partial charge in [-0.15, -0.1) is 0 Å². The summed E-state index contributed by atoms with van der Waals surface area (Å²) in [5, 5.41) is 3.15. The van der Waals surface area contributed by atoms with Crippen LogP contribution in [0.2, 0.25) is 0 Å². The van der Waals surface area contributed by atoms with Gasteiger partial charge in [-0.2, -0.15) is 0 Å². The van der Waals surface area contributed by atoms with E-state index in [1.165, 1.54) is 11.6 Å². The molecule has 1 fully saturated rings. The number of hydrogen-bond donors (Lipinski definition) is 2. The molecule has 7 heteroatoms. The van der Waals surface area contributed by atoms with E-state index in [9.17, 15) is 9.59 Å². The second-order valence-corrected chi connectivity index (χ2v) is 5.23. The predicted octanol–water partition coefficient (Wildman–Crippen LogP) is 0.129. The Balaban J connectivity index is 2.33. The second-order valence-electron chi connectivity index (χ2n) is 5.23. The predicted molar refractivity (Wildman–Crippen MR) is 78.1 cm³/mol. The zero-order valence-electron chi connectivity index (χ0n) is 12.2. The van der Waals surface area contributed by atoms with Crippen molar-refractivity contribution in [3.8, 4) is 0 Å². The molecule has 7 nitrogen and oxygen atoms in total. The van der Waals surface area contributed by atoms with Crippen molar-refractivity contribution in [2.45, 2.75) is 44.9 Å². The first-order valence-corrected chi connectivity index (χ1v) is 6.88. The summed E-state index contributed by atoms with van der Waals surface area (Å²) in [4.78, 5) is 24.2. The van der Waals surface area contributed by atoms with Gasteiger partial charge in [0.15, 0.2) is 0 Å². The highest BCUT2D eigenvalue weighted by atomic mass is 16.5. The van der Waals surface area contributed by atoms with Crippen LogP contribution in [-0.2, 0) is 18.3 Å². The van der Waals surface area contributed by atoms with Crippen LogP contribution in [0, 0.1) is 0 Å². The van der Waals surface area contributed by atoms with E-state index in [4.69, 9.17) is 10.5 Å². The zero-order valence-corrected chi connectivity index (χ0v) is 12.2. The average Bonchev–Trinajstić information content (AvgIpc) is 2.39. The molecule has 0 radical (unpaired) electrons. The van der Waals surface area contributed by atoms with Gasteiger partial charge in [0.1, 0.15) is 11.5 Å². The summed E-state index contributed by atoms with van der Waals surface area (Å²) in [5.74, 6) is 0.223. The molecule has 2 rings (SSSR count). The third-order valence-corrected chi connectivity index (χ3v) is 3.81. The van der Waals surface area contributed by atoms with Crippen molar-refractivity contribution in [2.75, 3.05) is 18.2 Å². The highest BCUT2D eigenvalue weighted by molar-refractivity contribution is 5.61. The fourth-order valence-electron chi connectivity index (χ4n) is 2.44. The maximum atomic E-state index is 12.2. The molecule has 0 saturated heterocycles. The van der Waals surface area contributed by atoms with Crippen molar-refractivity contribution in [3.05, 3.63) is 20.8 Å². The van der Waals surface area contributed by atoms with Crippen molar-refractivity contribution < 1.29 is 4.74 Å². The van der Waals surface area contributed by atoms with Gasteiger partial charge in [0, 0.05) is 26.7 Å². The molecule has 1 aromatic rings. The number of methoxy groups -OCH3 is 1. The molecule has 0 aromatic carbocycles. The summed E-state index contributed by atoms with van der Waals surface area (Å²) >= 11 is 0. The molecule has 0 bridgehead atoms. The lowest BCUT2D eigenvalue weighted by Gasteiger charge is -2.35. The van der Waals surface area contributed by atoms with Gasteiger partial charge < -0.3 is 15.8 Å². The molecule has 1 aliphatic rings. The van der Waals surface area contributed by atoms with Crippen LogP contribution < -0.4 is 22.3 Å². The van der Waals surface area contributed by atoms with Gasteiger partial charge in [0.05, 0.1) is 6.10 Å². The smallest absolute Gasteiger partial charge is 0.332 e. The van der Waals surface area contributed by atoms with Crippen LogP contribution in [0.25, 0.3) is 0 Å². The van der Waals surface area contributed by atoms with Crippen molar-refractivity contribution in [2.24, 2.45) is 7.05 Å². The lowest BCUT2D eigenvalue weighted by molar-refractivity contribution is 0.0328. The van der Waals surface area contributed by atoms with Crippen LogP contribution in [0.4, 0.5) is 11.5 Å². The third-order valence-electron chi connectivity index (χ3n) is 3.81. The monoisotopic (exact) mass is 282 g/mol. The van der Waals surface area contributed by atoms with E-state index in [2.05, 4.69) is 5.32 Å². The van der Waals surface area contributed by atoms with E-state index < -0.39 is 0 Å². The van der Waals surface area contributed by atoms with E-state index in [1.54, 1.807) is 7.11 Å². The Kier molecular flexibility index (Phi) is 4.17. The minimum atomic E-state index is -0.374. The Morgan fingerprint density at radius 2 is 2.05 bits per heavy atom. The Morgan fingerprint density at radius 3 is 2.60 bits per heavy atom. The zero-order chi connectivity index (χ0) is 14.9. The van der Waals surface area contributed by atoms with Crippen LogP contribution in [0.15, 0.2) is 9.59 Å². The van der Waals surface area contributed by atoms with Crippen molar-refractivity contribution in [1.29, 1.82) is 0 Å². The first-order chi connectivity index (χ1) is 9.49. The van der Waals surface area contributed by atoms with E-state index in [0.717, 1.165) is 23.8 Å². The summed E-state index contributed by atoms with van der Waals surface area (Å²) in [6.45, 7) is 2.46. The number of nitrogens with one attached hydrogen (secondary N) is 1. The fraction of sp³-hybridized carbons (Fsp3) is 0.692. The normalized spacial score (nSPS) is 21.6. The van der Waals surface area contributed by atoms with Crippen LogP contribution in [0.5, 0.6) is 0 Å². The molecule has 0 spiro atoms. The van der Waals surface area contributed by atoms with Crippen LogP contribution in [0.3, 0.4) is 0 Å². The summed E-state index contributed by atoms with van der Waals surface area (Å²) < 4.78 is 7.75. The number of nitrogens with zero attached hydrogens (tertiary/aromatic N) is 2. The Hall–Kier alpha value is -1.76. The number of nitrogen functional groups attached to an aromatic ring is 1. The van der Waals surface area contributed by atoms with Gasteiger partial charge in [0.25, 0.3) is 5.56 Å². The minimum absolute atomic E-state index is 0.169. The number of nitrogens with two attached hydrogens (primary N) is 1. The first kappa shape index (κ1) is 14.6. The maximum Gasteiger partial charge on any atom is 0.332 e. The van der Waals surface area contributed by atoms with Gasteiger partial charge in [-0.05, 0) is 19.3 Å². The summed E-state index contributed by atoms with van der Waals surface area (Å²) in [6.07, 6.45) is 2.69. The number of hydrogen-bond acceptors (Lipinski definition) is 5. The molecular formula is C13H22N4O3. The summed E-state index contributed by atoms with van der Waals surface area (Å²) in [6, 6.07) is 0.169. The first-order valence-electron chi connectivity index (χ1n) is 6.88. The molecule has 1 aliphatic carbocycles. The van der Waals surface area contributed by atoms with Gasteiger partial charge >= 0.3 is 5.69 Å². The summed E-state index contributed by atoms with van der Waals surface area (Å²) in [5.41, 5.74) is 5.56. The molecule has 112 valence electrons. The van der Waals surface area contributed by atoms with Gasteiger partial charge in [-0.25, -0.2) is 4.79 Å². The molecule has 0 amide bonds.